The molecule has 0 saturated heterocycles. The topological polar surface area (TPSA) is 62.3 Å². The summed E-state index contributed by atoms with van der Waals surface area (Å²) < 4.78 is 5.00. The van der Waals surface area contributed by atoms with Gasteiger partial charge in [-0.1, -0.05) is 0 Å². The van der Waals surface area contributed by atoms with Gasteiger partial charge in [-0.2, -0.15) is 5.26 Å². The van der Waals surface area contributed by atoms with Crippen molar-refractivity contribution < 1.29 is 4.74 Å². The molecule has 2 N–H and O–H groups in total. The summed E-state index contributed by atoms with van der Waals surface area (Å²) in [4.78, 5) is 2.25. The largest absolute Gasteiger partial charge is 0.383 e. The summed E-state index contributed by atoms with van der Waals surface area (Å²) in [7, 11) is 1.69. The fraction of sp³-hybridized carbons (Fsp3) is 0.889. The molecule has 0 amide bonds. The minimum atomic E-state index is -0.363. The predicted molar refractivity (Wildman–Crippen MR) is 50.1 cm³/mol. The van der Waals surface area contributed by atoms with E-state index < -0.39 is 0 Å². The van der Waals surface area contributed by atoms with Crippen LogP contribution >= 0.6 is 0 Å². The van der Waals surface area contributed by atoms with E-state index in [4.69, 9.17) is 15.7 Å². The van der Waals surface area contributed by atoms with Crippen molar-refractivity contribution in [3.8, 4) is 6.07 Å². The summed E-state index contributed by atoms with van der Waals surface area (Å²) >= 11 is 0. The van der Waals surface area contributed by atoms with Crippen molar-refractivity contribution in [1.29, 1.82) is 5.26 Å². The molecule has 4 heteroatoms. The SMILES string of the molecule is COCCN(CC(N)C#N)C1CC1. The van der Waals surface area contributed by atoms with E-state index in [1.807, 2.05) is 6.07 Å². The summed E-state index contributed by atoms with van der Waals surface area (Å²) in [5.41, 5.74) is 5.57. The lowest BCUT2D eigenvalue weighted by atomic mass is 10.3. The number of methoxy groups -OCH3 is 1. The van der Waals surface area contributed by atoms with Gasteiger partial charge in [-0.15, -0.1) is 0 Å². The maximum atomic E-state index is 8.58. The van der Waals surface area contributed by atoms with Crippen molar-refractivity contribution in [3.63, 3.8) is 0 Å². The molecule has 1 aliphatic rings. The fourth-order valence-corrected chi connectivity index (χ4v) is 1.36. The van der Waals surface area contributed by atoms with E-state index in [1.165, 1.54) is 12.8 Å². The molecule has 1 rings (SSSR count). The van der Waals surface area contributed by atoms with Gasteiger partial charge in [-0.3, -0.25) is 4.90 Å². The summed E-state index contributed by atoms with van der Waals surface area (Å²) in [6, 6.07) is 2.33. The molecule has 0 bridgehead atoms. The normalized spacial score (nSPS) is 18.6. The second-order valence-corrected chi connectivity index (χ2v) is 3.45. The predicted octanol–water partition coefficient (Wildman–Crippen LogP) is -0.0519. The molecule has 13 heavy (non-hydrogen) atoms. The van der Waals surface area contributed by atoms with Crippen LogP contribution in [0.2, 0.25) is 0 Å². The van der Waals surface area contributed by atoms with Crippen molar-refractivity contribution in [1.82, 2.24) is 4.90 Å². The number of ether oxygens (including phenoxy) is 1. The average molecular weight is 183 g/mol. The Morgan fingerprint density at radius 1 is 1.69 bits per heavy atom. The van der Waals surface area contributed by atoms with Gasteiger partial charge in [-0.25, -0.2) is 0 Å². The summed E-state index contributed by atoms with van der Waals surface area (Å²) in [6.45, 7) is 2.27. The summed E-state index contributed by atoms with van der Waals surface area (Å²) in [5, 5.41) is 8.58. The molecule has 1 atom stereocenters. The lowest BCUT2D eigenvalue weighted by Gasteiger charge is -2.22. The van der Waals surface area contributed by atoms with Crippen LogP contribution in [0.1, 0.15) is 12.8 Å². The Morgan fingerprint density at radius 3 is 2.85 bits per heavy atom. The van der Waals surface area contributed by atoms with Crippen LogP contribution in [0.3, 0.4) is 0 Å². The molecule has 1 saturated carbocycles. The third-order valence-electron chi connectivity index (χ3n) is 2.24. The van der Waals surface area contributed by atoms with Gasteiger partial charge in [0, 0.05) is 26.2 Å². The molecule has 0 aliphatic heterocycles. The number of rotatable bonds is 6. The minimum Gasteiger partial charge on any atom is -0.383 e. The molecule has 0 aromatic rings. The highest BCUT2D eigenvalue weighted by Crippen LogP contribution is 2.26. The van der Waals surface area contributed by atoms with E-state index in [9.17, 15) is 0 Å². The monoisotopic (exact) mass is 183 g/mol. The van der Waals surface area contributed by atoms with Gasteiger partial charge in [0.1, 0.15) is 6.04 Å². The van der Waals surface area contributed by atoms with Crippen molar-refractivity contribution in [3.05, 3.63) is 0 Å². The zero-order valence-electron chi connectivity index (χ0n) is 8.07. The molecule has 1 fully saturated rings. The highest BCUT2D eigenvalue weighted by atomic mass is 16.5. The van der Waals surface area contributed by atoms with E-state index in [0.717, 1.165) is 6.54 Å². The number of nitrogens with zero attached hydrogens (tertiary/aromatic N) is 2. The van der Waals surface area contributed by atoms with Gasteiger partial charge in [0.15, 0.2) is 0 Å². The molecular formula is C9H17N3O. The number of hydrogen-bond donors (Lipinski definition) is 1. The van der Waals surface area contributed by atoms with Gasteiger partial charge >= 0.3 is 0 Å². The molecule has 0 spiro atoms. The molecular weight excluding hydrogens is 166 g/mol. The van der Waals surface area contributed by atoms with Crippen LogP contribution in [0.15, 0.2) is 0 Å². The second-order valence-electron chi connectivity index (χ2n) is 3.45. The quantitative estimate of drug-likeness (QED) is 0.627. The van der Waals surface area contributed by atoms with Gasteiger partial charge in [0.05, 0.1) is 12.7 Å². The van der Waals surface area contributed by atoms with Gasteiger partial charge in [-0.05, 0) is 12.8 Å². The molecule has 4 nitrogen and oxygen atoms in total. The molecule has 1 unspecified atom stereocenters. The Labute approximate surface area is 79.3 Å². The number of nitrogens with two attached hydrogens (primary N) is 1. The van der Waals surface area contributed by atoms with E-state index in [1.54, 1.807) is 7.11 Å². The van der Waals surface area contributed by atoms with Gasteiger partial charge in [0.2, 0.25) is 0 Å². The van der Waals surface area contributed by atoms with Crippen molar-refractivity contribution in [2.45, 2.75) is 24.9 Å². The molecule has 1 aliphatic carbocycles. The molecule has 0 radical (unpaired) electrons. The third-order valence-corrected chi connectivity index (χ3v) is 2.24. The van der Waals surface area contributed by atoms with E-state index in [2.05, 4.69) is 4.90 Å². The highest BCUT2D eigenvalue weighted by Gasteiger charge is 2.29. The van der Waals surface area contributed by atoms with Crippen LogP contribution in [0.25, 0.3) is 0 Å². The number of hydrogen-bond acceptors (Lipinski definition) is 4. The van der Waals surface area contributed by atoms with E-state index in [0.29, 0.717) is 19.2 Å². The minimum absolute atomic E-state index is 0.363. The molecule has 0 heterocycles. The maximum absolute atomic E-state index is 8.58. The van der Waals surface area contributed by atoms with Crippen LogP contribution in [0, 0.1) is 11.3 Å². The van der Waals surface area contributed by atoms with E-state index in [-0.39, 0.29) is 6.04 Å². The Bertz CT molecular complexity index is 186. The van der Waals surface area contributed by atoms with Gasteiger partial charge < -0.3 is 10.5 Å². The highest BCUT2D eigenvalue weighted by molar-refractivity contribution is 4.93. The Balaban J connectivity index is 2.25. The standard InChI is InChI=1S/C9H17N3O/c1-13-5-4-12(9-2-3-9)7-8(11)6-10/h8-9H,2-5,7,11H2,1H3. The zero-order valence-corrected chi connectivity index (χ0v) is 8.07. The Morgan fingerprint density at radius 2 is 2.38 bits per heavy atom. The van der Waals surface area contributed by atoms with Crippen LogP contribution < -0.4 is 5.73 Å². The molecule has 74 valence electrons. The van der Waals surface area contributed by atoms with Crippen LogP contribution in [-0.4, -0.2) is 43.8 Å². The van der Waals surface area contributed by atoms with Gasteiger partial charge in [0.25, 0.3) is 0 Å². The Hall–Kier alpha value is -0.630. The first kappa shape index (κ1) is 10.5. The second kappa shape index (κ2) is 5.18. The Kier molecular flexibility index (Phi) is 4.16. The van der Waals surface area contributed by atoms with Crippen molar-refractivity contribution in [2.24, 2.45) is 5.73 Å². The lowest BCUT2D eigenvalue weighted by molar-refractivity contribution is 0.142. The molecule has 0 aromatic carbocycles. The van der Waals surface area contributed by atoms with Crippen molar-refractivity contribution in [2.75, 3.05) is 26.8 Å². The van der Waals surface area contributed by atoms with Crippen LogP contribution in [-0.2, 0) is 4.74 Å². The van der Waals surface area contributed by atoms with Crippen LogP contribution in [0.5, 0.6) is 0 Å². The fourth-order valence-electron chi connectivity index (χ4n) is 1.36. The van der Waals surface area contributed by atoms with E-state index >= 15 is 0 Å². The first-order valence-corrected chi connectivity index (χ1v) is 4.66. The number of nitriles is 1. The first-order chi connectivity index (χ1) is 6.27. The summed E-state index contributed by atoms with van der Waals surface area (Å²) in [6.07, 6.45) is 2.48. The average Bonchev–Trinajstić information content (AvgIpc) is 2.94. The molecule has 0 aromatic heterocycles. The zero-order chi connectivity index (χ0) is 9.68. The summed E-state index contributed by atoms with van der Waals surface area (Å²) in [5.74, 6) is 0. The maximum Gasteiger partial charge on any atom is 0.106 e. The smallest absolute Gasteiger partial charge is 0.106 e. The van der Waals surface area contributed by atoms with Crippen LogP contribution in [0.4, 0.5) is 0 Å². The first-order valence-electron chi connectivity index (χ1n) is 4.66. The lowest BCUT2D eigenvalue weighted by Crippen LogP contribution is -2.39. The third kappa shape index (κ3) is 3.73. The van der Waals surface area contributed by atoms with Crippen molar-refractivity contribution >= 4 is 0 Å².